The monoisotopic (exact) mass is 1550 g/mol. The Kier molecular flexibility index (Phi) is 24.4. The Morgan fingerprint density at radius 3 is 1.18 bits per heavy atom. The number of hydrogen-bond acceptors (Lipinski definition) is 9. The highest BCUT2D eigenvalue weighted by Gasteiger charge is 2.74. The van der Waals surface area contributed by atoms with Crippen molar-refractivity contribution in [3.63, 3.8) is 0 Å². The van der Waals surface area contributed by atoms with Gasteiger partial charge in [-0.3, -0.25) is 19.2 Å². The van der Waals surface area contributed by atoms with Crippen LogP contribution in [0, 0.1) is 21.0 Å². The summed E-state index contributed by atoms with van der Waals surface area (Å²) in [5.41, 5.74) is -20.1. The third-order valence-electron chi connectivity index (χ3n) is 11.7. The number of benzene rings is 4. The van der Waals surface area contributed by atoms with E-state index in [0.717, 1.165) is 19.9 Å². The van der Waals surface area contributed by atoms with Gasteiger partial charge in [0.2, 0.25) is 0 Å². The highest BCUT2D eigenvalue weighted by atomic mass is 127. The molecule has 4 N–H and O–H groups in total. The lowest BCUT2D eigenvalue weighted by molar-refractivity contribution is -0.349. The third kappa shape index (κ3) is 20.6. The van der Waals surface area contributed by atoms with Crippen LogP contribution in [0.1, 0.15) is 133 Å². The summed E-state index contributed by atoms with van der Waals surface area (Å²) in [6, 6.07) is 11.2. The van der Waals surface area contributed by atoms with Crippen LogP contribution in [0.3, 0.4) is 0 Å². The highest BCUT2D eigenvalue weighted by molar-refractivity contribution is 14.1. The Hall–Kier alpha value is -5.72. The minimum atomic E-state index is -6.31. The smallest absolute Gasteiger partial charge is 0.442 e. The fourth-order valence-corrected chi connectivity index (χ4v) is 13.0. The molecule has 0 aliphatic rings. The van der Waals surface area contributed by atoms with E-state index in [4.69, 9.17) is 9.47 Å². The average molecular weight is 1550 g/mol. The van der Waals surface area contributed by atoms with Crippen LogP contribution in [-0.4, -0.2) is 111 Å². The van der Waals surface area contributed by atoms with Crippen molar-refractivity contribution in [1.29, 1.82) is 0 Å². The van der Waals surface area contributed by atoms with Gasteiger partial charge in [-0.2, -0.15) is 57.0 Å². The molecule has 33 heteroatoms. The maximum absolute atomic E-state index is 14.5. The van der Waals surface area contributed by atoms with Gasteiger partial charge in [0.15, 0.2) is 0 Å². The fraction of sp³-hybridized carbons (Fsp3) is 0.464. The molecule has 89 heavy (non-hydrogen) atoms. The van der Waals surface area contributed by atoms with E-state index in [0.29, 0.717) is 27.8 Å². The summed E-state index contributed by atoms with van der Waals surface area (Å²) in [6.45, 7) is 18.4. The van der Waals surface area contributed by atoms with Crippen LogP contribution in [0.5, 0.6) is 0 Å². The number of carbonyl (C=O) groups is 6. The van der Waals surface area contributed by atoms with Gasteiger partial charge in [0.05, 0.1) is 37.7 Å². The van der Waals surface area contributed by atoms with Crippen molar-refractivity contribution in [2.75, 3.05) is 34.7 Å². The second kappa shape index (κ2) is 28.0. The molecule has 0 aromatic heterocycles. The Balaban J connectivity index is 0.000000465. The maximum atomic E-state index is 14.5. The fourth-order valence-electron chi connectivity index (χ4n) is 8.19. The summed E-state index contributed by atoms with van der Waals surface area (Å²) in [5.74, 6) is -3.37. The van der Waals surface area contributed by atoms with Crippen molar-refractivity contribution in [1.82, 2.24) is 10.6 Å². The van der Waals surface area contributed by atoms with Gasteiger partial charge in [0.25, 0.3) is 23.6 Å². The molecule has 0 saturated carbocycles. The van der Waals surface area contributed by atoms with Crippen LogP contribution in [0.4, 0.5) is 82.4 Å². The first-order valence-electron chi connectivity index (χ1n) is 25.6. The number of nitrogens with zero attached hydrogens (tertiary/aromatic N) is 2. The number of ether oxygens (including phenoxy) is 2. The number of halogens is 16. The Labute approximate surface area is 533 Å². The highest BCUT2D eigenvalue weighted by Crippen LogP contribution is 2.55. The van der Waals surface area contributed by atoms with Crippen molar-refractivity contribution >= 4 is 113 Å². The Morgan fingerprint density at radius 2 is 0.854 bits per heavy atom. The molecule has 2 atom stereocenters. The first-order chi connectivity index (χ1) is 39.9. The molecule has 0 radical (unpaired) electrons. The first-order valence-corrected chi connectivity index (χ1v) is 31.6. The standard InChI is InChI=1S/C28H31F7IN3O5S.C28H31F7IN3O4S/c1-15-13-16(26(29,27(30,31)32)28(33,34)35)11-12-19(15)37-21(40)17-9-8-10-18(36)20(17)22(41)38-25(5,6)14-45(7,43)39-23(42)44-24(2,3)4;1-15-13-16(26(29,27(30,31)32)28(33,34)35)11-12-19(15)37-21(40)17-9-8-10-18(36)20(17)22(41)38-25(5,6)14-44(7)39-23(42)43-24(2,3)4/h8-13H,14H2,1-7H3,(H,37,40)(H,38,41);8-13H,14H2,1-7H3,(H,37,40)(H,38,41). The molecule has 0 fully saturated rings. The summed E-state index contributed by atoms with van der Waals surface area (Å²) in [6.07, 6.45) is -24.1. The number of alkyl halides is 14. The van der Waals surface area contributed by atoms with Crippen molar-refractivity contribution in [2.24, 2.45) is 8.73 Å². The Morgan fingerprint density at radius 1 is 0.517 bits per heavy atom. The van der Waals surface area contributed by atoms with E-state index in [1.165, 1.54) is 50.4 Å². The van der Waals surface area contributed by atoms with Gasteiger partial charge in [-0.15, -0.1) is 4.36 Å². The summed E-state index contributed by atoms with van der Waals surface area (Å²) in [5, 5.41) is 10.1. The molecule has 4 aromatic rings. The zero-order valence-electron chi connectivity index (χ0n) is 49.8. The number of aryl methyl sites for hydroxylation is 2. The predicted molar refractivity (Wildman–Crippen MR) is 324 cm³/mol. The van der Waals surface area contributed by atoms with Gasteiger partial charge < -0.3 is 30.7 Å². The largest absolute Gasteiger partial charge is 0.442 e. The van der Waals surface area contributed by atoms with E-state index in [9.17, 15) is 94.4 Å². The summed E-state index contributed by atoms with van der Waals surface area (Å²) in [4.78, 5) is 77.4. The van der Waals surface area contributed by atoms with Crippen molar-refractivity contribution in [3.8, 4) is 0 Å². The maximum Gasteiger partial charge on any atom is 0.442 e. The molecular weight excluding hydrogens is 1480 g/mol. The van der Waals surface area contributed by atoms with E-state index in [1.54, 1.807) is 90.3 Å². The lowest BCUT2D eigenvalue weighted by Crippen LogP contribution is -2.50. The molecule has 0 bridgehead atoms. The SMILES string of the molecule is Cc1cc(C(F)(C(F)(F)F)C(F)(F)F)ccc1NC(=O)c1cccc(I)c1C(=O)NC(C)(C)CS(C)(=O)=NC(=O)OC(C)(C)C.Cc1cc(C(F)(C(F)(F)F)C(F)(F)F)ccc1NC(=O)c1cccc(I)c1C(=O)NC(C)(C)CS(C)=NC(=O)OC(C)(C)C. The molecule has 0 heterocycles. The van der Waals surface area contributed by atoms with Gasteiger partial charge >= 0.3 is 48.2 Å². The zero-order chi connectivity index (χ0) is 69.0. The molecule has 4 aromatic carbocycles. The molecule has 0 aliphatic heterocycles. The van der Waals surface area contributed by atoms with Gasteiger partial charge in [0.1, 0.15) is 11.2 Å². The number of rotatable bonds is 14. The number of hydrogen-bond donors (Lipinski definition) is 4. The molecule has 494 valence electrons. The number of anilines is 2. The Bertz CT molecular complexity index is 3510. The van der Waals surface area contributed by atoms with Crippen molar-refractivity contribution < 1.29 is 104 Å². The molecule has 6 amide bonds. The lowest BCUT2D eigenvalue weighted by atomic mass is 9.92. The quantitative estimate of drug-likeness (QED) is 0.0698. The second-order valence-corrected chi connectivity index (χ2v) is 29.7. The molecule has 0 saturated heterocycles. The van der Waals surface area contributed by atoms with E-state index in [2.05, 4.69) is 30.0 Å². The molecule has 15 nitrogen and oxygen atoms in total. The second-order valence-electron chi connectivity index (χ2n) is 23.3. The van der Waals surface area contributed by atoms with Gasteiger partial charge in [0, 0.05) is 52.7 Å². The van der Waals surface area contributed by atoms with E-state index in [-0.39, 0.29) is 65.9 Å². The van der Waals surface area contributed by atoms with Crippen LogP contribution < -0.4 is 21.3 Å². The minimum absolute atomic E-state index is 0.0510. The minimum Gasteiger partial charge on any atom is -0.442 e. The molecule has 2 unspecified atom stereocenters. The molecule has 4 rings (SSSR count). The third-order valence-corrected chi connectivity index (χ3v) is 16.9. The van der Waals surface area contributed by atoms with Crippen molar-refractivity contribution in [3.05, 3.63) is 124 Å². The molecular formula is C56H62F14I2N6O9S2. The number of carbonyl (C=O) groups excluding carboxylic acids is 6. The summed E-state index contributed by atoms with van der Waals surface area (Å²) in [7, 11) is -4.07. The van der Waals surface area contributed by atoms with Crippen LogP contribution in [0.2, 0.25) is 0 Å². The lowest BCUT2D eigenvalue weighted by Gasteiger charge is -2.30. The van der Waals surface area contributed by atoms with Crippen molar-refractivity contribution in [2.45, 2.75) is 141 Å². The number of amides is 6. The average Bonchev–Trinajstić information content (AvgIpc) is 0.777. The van der Waals surface area contributed by atoms with Crippen LogP contribution in [-0.2, 0) is 41.2 Å². The summed E-state index contributed by atoms with van der Waals surface area (Å²) >= 11 is 3.61. The van der Waals surface area contributed by atoms with Gasteiger partial charge in [-0.05, 0) is 182 Å². The molecule has 0 spiro atoms. The predicted octanol–water partition coefficient (Wildman–Crippen LogP) is 15.7. The topological polar surface area (TPSA) is 211 Å². The zero-order valence-corrected chi connectivity index (χ0v) is 55.7. The van der Waals surface area contributed by atoms with Crippen LogP contribution >= 0.6 is 45.2 Å². The van der Waals surface area contributed by atoms with E-state index in [1.807, 2.05) is 22.6 Å². The number of nitrogens with one attached hydrogen (secondary N) is 4. The summed E-state index contributed by atoms with van der Waals surface area (Å²) < 4.78 is 219. The first kappa shape index (κ1) is 77.5. The van der Waals surface area contributed by atoms with Crippen LogP contribution in [0.15, 0.2) is 81.5 Å². The molecule has 0 aliphatic carbocycles. The van der Waals surface area contributed by atoms with E-state index >= 15 is 0 Å². The van der Waals surface area contributed by atoms with Crippen LogP contribution in [0.25, 0.3) is 0 Å². The van der Waals surface area contributed by atoms with E-state index < -0.39 is 126 Å². The van der Waals surface area contributed by atoms with Gasteiger partial charge in [-0.1, -0.05) is 47.1 Å². The van der Waals surface area contributed by atoms with Gasteiger partial charge in [-0.25, -0.2) is 22.6 Å². The normalized spacial score (nSPS) is 14.0.